The number of carbonyl (C=O) groups is 1. The summed E-state index contributed by atoms with van der Waals surface area (Å²) < 4.78 is 24.8. The lowest BCUT2D eigenvalue weighted by Crippen LogP contribution is -2.11. The topological polar surface area (TPSA) is 88.3 Å². The van der Waals surface area contributed by atoms with Crippen molar-refractivity contribution in [1.82, 2.24) is 15.3 Å². The molecule has 0 aliphatic heterocycles. The van der Waals surface area contributed by atoms with Crippen LogP contribution < -0.4 is 20.1 Å². The summed E-state index contributed by atoms with van der Waals surface area (Å²) in [5.41, 5.74) is 3.49. The number of carbonyl (C=O) groups excluding carboxylic acids is 1. The molecule has 0 atom stereocenters. The van der Waals surface area contributed by atoms with Crippen LogP contribution in [-0.2, 0) is 6.42 Å². The highest BCUT2D eigenvalue weighted by atomic mass is 19.1. The number of aldehydes is 1. The zero-order valence-electron chi connectivity index (χ0n) is 16.5. The molecule has 1 aromatic carbocycles. The molecule has 7 nitrogen and oxygen atoms in total. The number of hydrogen-bond acceptors (Lipinski definition) is 6. The van der Waals surface area contributed by atoms with Gasteiger partial charge < -0.3 is 25.1 Å². The Hall–Kier alpha value is -3.39. The zero-order valence-corrected chi connectivity index (χ0v) is 16.5. The van der Waals surface area contributed by atoms with Gasteiger partial charge in [0.15, 0.2) is 17.9 Å². The number of halogens is 1. The van der Waals surface area contributed by atoms with E-state index >= 15 is 0 Å². The van der Waals surface area contributed by atoms with Crippen molar-refractivity contribution >= 4 is 17.7 Å². The van der Waals surface area contributed by atoms with Crippen LogP contribution in [0.3, 0.4) is 0 Å². The summed E-state index contributed by atoms with van der Waals surface area (Å²) in [7, 11) is 4.79. The number of pyridine rings is 1. The molecule has 0 unspecified atom stereocenters. The van der Waals surface area contributed by atoms with E-state index in [0.29, 0.717) is 41.3 Å². The number of nitrogens with zero attached hydrogens (tertiary/aromatic N) is 1. The van der Waals surface area contributed by atoms with Crippen molar-refractivity contribution in [3.8, 4) is 22.8 Å². The molecule has 3 N–H and O–H groups in total. The maximum Gasteiger partial charge on any atom is 0.177 e. The average Bonchev–Trinajstić information content (AvgIpc) is 3.09. The second kappa shape index (κ2) is 9.20. The van der Waals surface area contributed by atoms with Crippen molar-refractivity contribution < 1.29 is 18.7 Å². The van der Waals surface area contributed by atoms with Crippen LogP contribution in [0.1, 0.15) is 16.1 Å². The van der Waals surface area contributed by atoms with E-state index in [-0.39, 0.29) is 5.75 Å². The van der Waals surface area contributed by atoms with E-state index in [0.717, 1.165) is 17.5 Å². The number of para-hydroxylation sites is 1. The summed E-state index contributed by atoms with van der Waals surface area (Å²) in [5.74, 6) is 0.106. The lowest BCUT2D eigenvalue weighted by Gasteiger charge is -2.14. The Morgan fingerprint density at radius 2 is 2.07 bits per heavy atom. The molecule has 3 aromatic rings. The number of aromatic amines is 1. The van der Waals surface area contributed by atoms with Gasteiger partial charge in [0.1, 0.15) is 5.75 Å². The standard InChI is InChI=1S/C21H23FN4O3/c1-23-9-8-16-14(12-27)20(26-17-6-4-5-15(22)21(17)29-3)19(25-16)13-7-10-24-11-18(13)28-2/h4-7,10-12,23,25-26H,8-9H2,1-3H3. The predicted octanol–water partition coefficient (Wildman–Crippen LogP) is 3.55. The van der Waals surface area contributed by atoms with Crippen LogP contribution >= 0.6 is 0 Å². The third-order valence-corrected chi connectivity index (χ3v) is 4.57. The summed E-state index contributed by atoms with van der Waals surface area (Å²) in [4.78, 5) is 19.4. The molecule has 0 spiro atoms. The van der Waals surface area contributed by atoms with Crippen LogP contribution in [0.5, 0.6) is 11.5 Å². The van der Waals surface area contributed by atoms with Crippen molar-refractivity contribution in [3.63, 3.8) is 0 Å². The van der Waals surface area contributed by atoms with Crippen molar-refractivity contribution in [2.45, 2.75) is 6.42 Å². The Morgan fingerprint density at radius 3 is 2.76 bits per heavy atom. The van der Waals surface area contributed by atoms with Crippen LogP contribution in [0, 0.1) is 5.82 Å². The SMILES string of the molecule is CNCCc1[nH]c(-c2ccncc2OC)c(Nc2cccc(F)c2OC)c1C=O. The maximum absolute atomic E-state index is 14.2. The van der Waals surface area contributed by atoms with Crippen molar-refractivity contribution in [2.24, 2.45) is 0 Å². The first-order valence-corrected chi connectivity index (χ1v) is 9.07. The fourth-order valence-corrected chi connectivity index (χ4v) is 3.17. The first-order valence-electron chi connectivity index (χ1n) is 9.07. The molecule has 0 aliphatic carbocycles. The molecule has 2 heterocycles. The second-order valence-electron chi connectivity index (χ2n) is 6.26. The Labute approximate surface area is 168 Å². The molecule has 152 valence electrons. The first-order chi connectivity index (χ1) is 14.1. The van der Waals surface area contributed by atoms with Crippen LogP contribution in [0.4, 0.5) is 15.8 Å². The zero-order chi connectivity index (χ0) is 20.8. The van der Waals surface area contributed by atoms with Gasteiger partial charge in [-0.05, 0) is 25.2 Å². The van der Waals surface area contributed by atoms with E-state index in [2.05, 4.69) is 20.6 Å². The first kappa shape index (κ1) is 20.3. The van der Waals surface area contributed by atoms with E-state index in [9.17, 15) is 9.18 Å². The third-order valence-electron chi connectivity index (χ3n) is 4.57. The molecular weight excluding hydrogens is 375 g/mol. The van der Waals surface area contributed by atoms with Crippen molar-refractivity contribution in [1.29, 1.82) is 0 Å². The number of ether oxygens (including phenoxy) is 2. The van der Waals surface area contributed by atoms with Crippen molar-refractivity contribution in [2.75, 3.05) is 33.1 Å². The minimum absolute atomic E-state index is 0.0648. The number of nitrogens with one attached hydrogen (secondary N) is 3. The monoisotopic (exact) mass is 398 g/mol. The number of hydrogen-bond donors (Lipinski definition) is 3. The molecule has 8 heteroatoms. The lowest BCUT2D eigenvalue weighted by molar-refractivity contribution is 0.112. The van der Waals surface area contributed by atoms with Gasteiger partial charge in [0.05, 0.1) is 43.0 Å². The van der Waals surface area contributed by atoms with Gasteiger partial charge >= 0.3 is 0 Å². The minimum atomic E-state index is -0.501. The number of rotatable bonds is 9. The van der Waals surface area contributed by atoms with Crippen molar-refractivity contribution in [3.05, 3.63) is 53.7 Å². The Kier molecular flexibility index (Phi) is 6.46. The molecule has 0 radical (unpaired) electrons. The molecule has 0 bridgehead atoms. The number of benzene rings is 1. The second-order valence-corrected chi connectivity index (χ2v) is 6.26. The fourth-order valence-electron chi connectivity index (χ4n) is 3.17. The number of likely N-dealkylation sites (N-methyl/N-ethyl adjacent to an activating group) is 1. The summed E-state index contributed by atoms with van der Waals surface area (Å²) in [6.45, 7) is 0.678. The normalized spacial score (nSPS) is 10.6. The molecule has 0 fully saturated rings. The van der Waals surface area contributed by atoms with E-state index in [1.54, 1.807) is 37.7 Å². The van der Waals surface area contributed by atoms with Gasteiger partial charge in [0, 0.05) is 30.4 Å². The van der Waals surface area contributed by atoms with Gasteiger partial charge in [0.25, 0.3) is 0 Å². The highest BCUT2D eigenvalue weighted by Gasteiger charge is 2.22. The smallest absolute Gasteiger partial charge is 0.177 e. The van der Waals surface area contributed by atoms with Gasteiger partial charge in [-0.2, -0.15) is 0 Å². The minimum Gasteiger partial charge on any atom is -0.494 e. The molecule has 3 rings (SSSR count). The van der Waals surface area contributed by atoms with Gasteiger partial charge in [-0.3, -0.25) is 9.78 Å². The van der Waals surface area contributed by atoms with E-state index in [1.807, 2.05) is 7.05 Å². The molecule has 0 amide bonds. The summed E-state index contributed by atoms with van der Waals surface area (Å²) >= 11 is 0. The molecular formula is C21H23FN4O3. The molecule has 0 saturated heterocycles. The van der Waals surface area contributed by atoms with Gasteiger partial charge in [0.2, 0.25) is 0 Å². The number of H-pyrrole nitrogens is 1. The number of aromatic nitrogens is 2. The van der Waals surface area contributed by atoms with Crippen LogP contribution in [0.2, 0.25) is 0 Å². The third kappa shape index (κ3) is 4.07. The van der Waals surface area contributed by atoms with E-state index < -0.39 is 5.82 Å². The summed E-state index contributed by atoms with van der Waals surface area (Å²) in [6.07, 6.45) is 4.62. The van der Waals surface area contributed by atoms with Gasteiger partial charge in [-0.25, -0.2) is 4.39 Å². The maximum atomic E-state index is 14.2. The van der Waals surface area contributed by atoms with Crippen LogP contribution in [0.25, 0.3) is 11.3 Å². The average molecular weight is 398 g/mol. The molecule has 2 aromatic heterocycles. The van der Waals surface area contributed by atoms with E-state index in [1.165, 1.54) is 13.2 Å². The summed E-state index contributed by atoms with van der Waals surface area (Å²) in [5, 5.41) is 6.25. The molecule has 0 aliphatic rings. The predicted molar refractivity (Wildman–Crippen MR) is 110 cm³/mol. The summed E-state index contributed by atoms with van der Waals surface area (Å²) in [6, 6.07) is 6.36. The number of anilines is 2. The van der Waals surface area contributed by atoms with E-state index in [4.69, 9.17) is 9.47 Å². The largest absolute Gasteiger partial charge is 0.494 e. The molecule has 0 saturated carbocycles. The van der Waals surface area contributed by atoms with Crippen LogP contribution in [0.15, 0.2) is 36.7 Å². The number of methoxy groups -OCH3 is 2. The Morgan fingerprint density at radius 1 is 1.24 bits per heavy atom. The Bertz CT molecular complexity index is 1000. The lowest BCUT2D eigenvalue weighted by atomic mass is 10.1. The fraction of sp³-hybridized carbons (Fsp3) is 0.238. The van der Waals surface area contributed by atoms with Gasteiger partial charge in [-0.1, -0.05) is 6.07 Å². The van der Waals surface area contributed by atoms with Gasteiger partial charge in [-0.15, -0.1) is 0 Å². The quantitative estimate of drug-likeness (QED) is 0.478. The Balaban J connectivity index is 2.19. The highest BCUT2D eigenvalue weighted by Crippen LogP contribution is 2.40. The van der Waals surface area contributed by atoms with Crippen LogP contribution in [-0.4, -0.2) is 44.1 Å². The highest BCUT2D eigenvalue weighted by molar-refractivity contribution is 5.96. The molecule has 29 heavy (non-hydrogen) atoms.